The van der Waals surface area contributed by atoms with Crippen molar-refractivity contribution in [2.24, 2.45) is 5.92 Å². The monoisotopic (exact) mass is 211 g/mol. The van der Waals surface area contributed by atoms with Gasteiger partial charge in [-0.2, -0.15) is 0 Å². The molecule has 1 aromatic rings. The molecule has 0 fully saturated rings. The molecule has 15 heavy (non-hydrogen) atoms. The van der Waals surface area contributed by atoms with Crippen LogP contribution in [-0.4, -0.2) is 35.9 Å². The first-order valence-electron chi connectivity index (χ1n) is 5.40. The maximum Gasteiger partial charge on any atom is 0.0946 e. The topological polar surface area (TPSA) is 39.1 Å². The van der Waals surface area contributed by atoms with Crippen LogP contribution in [-0.2, 0) is 11.3 Å². The Balaban J connectivity index is 2.16. The second-order valence-electron chi connectivity index (χ2n) is 4.13. The standard InChI is InChI=1S/C11H21N3O/c1-10(6-13-11(2)8-15-3)7-14-5-4-12-9-14/h4-5,9-11,13H,6-8H2,1-3H3. The van der Waals surface area contributed by atoms with E-state index in [0.29, 0.717) is 12.0 Å². The van der Waals surface area contributed by atoms with E-state index in [2.05, 4.69) is 28.7 Å². The van der Waals surface area contributed by atoms with Gasteiger partial charge in [0.15, 0.2) is 0 Å². The quantitative estimate of drug-likeness (QED) is 0.735. The largest absolute Gasteiger partial charge is 0.383 e. The van der Waals surface area contributed by atoms with Crippen molar-refractivity contribution in [3.05, 3.63) is 18.7 Å². The van der Waals surface area contributed by atoms with Crippen molar-refractivity contribution in [3.8, 4) is 0 Å². The van der Waals surface area contributed by atoms with Crippen LogP contribution in [0.2, 0.25) is 0 Å². The van der Waals surface area contributed by atoms with Crippen LogP contribution >= 0.6 is 0 Å². The zero-order valence-electron chi connectivity index (χ0n) is 9.81. The Hall–Kier alpha value is -0.870. The van der Waals surface area contributed by atoms with Crippen molar-refractivity contribution < 1.29 is 4.74 Å². The molecule has 0 saturated carbocycles. The number of hydrogen-bond acceptors (Lipinski definition) is 3. The van der Waals surface area contributed by atoms with E-state index >= 15 is 0 Å². The Morgan fingerprint density at radius 3 is 2.87 bits per heavy atom. The number of aromatic nitrogens is 2. The second-order valence-corrected chi connectivity index (χ2v) is 4.13. The summed E-state index contributed by atoms with van der Waals surface area (Å²) in [5.41, 5.74) is 0. The highest BCUT2D eigenvalue weighted by Crippen LogP contribution is 1.99. The van der Waals surface area contributed by atoms with Gasteiger partial charge < -0.3 is 14.6 Å². The summed E-state index contributed by atoms with van der Waals surface area (Å²) in [5, 5.41) is 3.44. The number of nitrogens with one attached hydrogen (secondary N) is 1. The highest BCUT2D eigenvalue weighted by molar-refractivity contribution is 4.75. The van der Waals surface area contributed by atoms with Gasteiger partial charge in [0.1, 0.15) is 0 Å². The molecule has 0 aliphatic carbocycles. The fourth-order valence-corrected chi connectivity index (χ4v) is 1.53. The third kappa shape index (κ3) is 4.95. The van der Waals surface area contributed by atoms with E-state index in [4.69, 9.17) is 4.74 Å². The molecule has 1 rings (SSSR count). The van der Waals surface area contributed by atoms with Gasteiger partial charge in [-0.3, -0.25) is 0 Å². The number of hydrogen-bond donors (Lipinski definition) is 1. The molecule has 2 atom stereocenters. The van der Waals surface area contributed by atoms with Crippen LogP contribution in [0, 0.1) is 5.92 Å². The maximum absolute atomic E-state index is 5.06. The lowest BCUT2D eigenvalue weighted by Gasteiger charge is -2.17. The zero-order valence-corrected chi connectivity index (χ0v) is 9.81. The van der Waals surface area contributed by atoms with Gasteiger partial charge in [0.2, 0.25) is 0 Å². The van der Waals surface area contributed by atoms with Crippen LogP contribution in [0.25, 0.3) is 0 Å². The van der Waals surface area contributed by atoms with Crippen molar-refractivity contribution in [2.45, 2.75) is 26.4 Å². The molecule has 2 unspecified atom stereocenters. The van der Waals surface area contributed by atoms with Crippen molar-refractivity contribution >= 4 is 0 Å². The average Bonchev–Trinajstić information content (AvgIpc) is 2.68. The first-order chi connectivity index (χ1) is 7.22. The van der Waals surface area contributed by atoms with Crippen molar-refractivity contribution in [3.63, 3.8) is 0 Å². The molecule has 0 aliphatic rings. The van der Waals surface area contributed by atoms with Gasteiger partial charge in [0, 0.05) is 32.1 Å². The Morgan fingerprint density at radius 1 is 1.47 bits per heavy atom. The minimum Gasteiger partial charge on any atom is -0.383 e. The van der Waals surface area contributed by atoms with Crippen molar-refractivity contribution in [2.75, 3.05) is 20.3 Å². The van der Waals surface area contributed by atoms with E-state index in [1.165, 1.54) is 0 Å². The molecule has 1 N–H and O–H groups in total. The molecule has 0 radical (unpaired) electrons. The molecular formula is C11H21N3O. The molecule has 1 heterocycles. The number of imidazole rings is 1. The predicted octanol–water partition coefficient (Wildman–Crippen LogP) is 1.14. The molecule has 1 aromatic heterocycles. The van der Waals surface area contributed by atoms with Crippen LogP contribution in [0.15, 0.2) is 18.7 Å². The predicted molar refractivity (Wildman–Crippen MR) is 60.7 cm³/mol. The van der Waals surface area contributed by atoms with E-state index in [9.17, 15) is 0 Å². The second kappa shape index (κ2) is 6.58. The number of methoxy groups -OCH3 is 1. The fourth-order valence-electron chi connectivity index (χ4n) is 1.53. The van der Waals surface area contributed by atoms with Crippen LogP contribution in [0.5, 0.6) is 0 Å². The van der Waals surface area contributed by atoms with Gasteiger partial charge in [-0.1, -0.05) is 6.92 Å². The van der Waals surface area contributed by atoms with E-state index in [-0.39, 0.29) is 0 Å². The molecule has 0 aromatic carbocycles. The summed E-state index contributed by atoms with van der Waals surface area (Å²) in [7, 11) is 1.73. The van der Waals surface area contributed by atoms with Gasteiger partial charge in [0.05, 0.1) is 12.9 Å². The molecule has 0 saturated heterocycles. The van der Waals surface area contributed by atoms with E-state index in [1.807, 2.05) is 18.7 Å². The normalized spacial score (nSPS) is 15.1. The molecule has 0 bridgehead atoms. The molecule has 0 spiro atoms. The van der Waals surface area contributed by atoms with Crippen LogP contribution < -0.4 is 5.32 Å². The Kier molecular flexibility index (Phi) is 5.36. The Labute approximate surface area is 91.7 Å². The summed E-state index contributed by atoms with van der Waals surface area (Å²) in [6.07, 6.45) is 5.66. The van der Waals surface area contributed by atoms with Crippen molar-refractivity contribution in [1.29, 1.82) is 0 Å². The van der Waals surface area contributed by atoms with Gasteiger partial charge in [-0.25, -0.2) is 4.98 Å². The first kappa shape index (κ1) is 12.2. The molecule has 86 valence electrons. The van der Waals surface area contributed by atoms with Gasteiger partial charge >= 0.3 is 0 Å². The first-order valence-corrected chi connectivity index (χ1v) is 5.40. The Morgan fingerprint density at radius 2 is 2.27 bits per heavy atom. The van der Waals surface area contributed by atoms with Gasteiger partial charge in [0.25, 0.3) is 0 Å². The minimum absolute atomic E-state index is 0.417. The van der Waals surface area contributed by atoms with E-state index in [1.54, 1.807) is 7.11 Å². The SMILES string of the molecule is COCC(C)NCC(C)Cn1ccnc1. The van der Waals surface area contributed by atoms with Crippen LogP contribution in [0.3, 0.4) is 0 Å². The van der Waals surface area contributed by atoms with E-state index in [0.717, 1.165) is 19.7 Å². The molecular weight excluding hydrogens is 190 g/mol. The summed E-state index contributed by atoms with van der Waals surface area (Å²) < 4.78 is 7.17. The molecule has 4 nitrogen and oxygen atoms in total. The lowest BCUT2D eigenvalue weighted by molar-refractivity contribution is 0.169. The van der Waals surface area contributed by atoms with E-state index < -0.39 is 0 Å². The van der Waals surface area contributed by atoms with Gasteiger partial charge in [-0.05, 0) is 19.4 Å². The average molecular weight is 211 g/mol. The van der Waals surface area contributed by atoms with Gasteiger partial charge in [-0.15, -0.1) is 0 Å². The smallest absolute Gasteiger partial charge is 0.0946 e. The highest BCUT2D eigenvalue weighted by atomic mass is 16.5. The summed E-state index contributed by atoms with van der Waals surface area (Å²) in [6, 6.07) is 0.417. The third-order valence-electron chi connectivity index (χ3n) is 2.31. The lowest BCUT2D eigenvalue weighted by Crippen LogP contribution is -2.34. The fraction of sp³-hybridized carbons (Fsp3) is 0.727. The summed E-state index contributed by atoms with van der Waals surface area (Å²) in [4.78, 5) is 4.02. The number of nitrogens with zero attached hydrogens (tertiary/aromatic N) is 2. The molecule has 0 amide bonds. The summed E-state index contributed by atoms with van der Waals surface area (Å²) in [5.74, 6) is 0.596. The highest BCUT2D eigenvalue weighted by Gasteiger charge is 2.05. The number of rotatable bonds is 7. The molecule has 0 aliphatic heterocycles. The van der Waals surface area contributed by atoms with Crippen LogP contribution in [0.4, 0.5) is 0 Å². The van der Waals surface area contributed by atoms with Crippen LogP contribution in [0.1, 0.15) is 13.8 Å². The Bertz CT molecular complexity index is 248. The zero-order chi connectivity index (χ0) is 11.1. The summed E-state index contributed by atoms with van der Waals surface area (Å²) >= 11 is 0. The lowest BCUT2D eigenvalue weighted by atomic mass is 10.1. The summed E-state index contributed by atoms with van der Waals surface area (Å²) in [6.45, 7) is 7.13. The maximum atomic E-state index is 5.06. The molecule has 4 heteroatoms. The van der Waals surface area contributed by atoms with Crippen molar-refractivity contribution in [1.82, 2.24) is 14.9 Å². The number of ether oxygens (including phenoxy) is 1. The minimum atomic E-state index is 0.417. The third-order valence-corrected chi connectivity index (χ3v) is 2.31.